The highest BCUT2D eigenvalue weighted by Crippen LogP contribution is 2.50. The van der Waals surface area contributed by atoms with Crippen molar-refractivity contribution >= 4 is 34.1 Å². The molecule has 0 bridgehead atoms. The van der Waals surface area contributed by atoms with Crippen molar-refractivity contribution in [3.8, 4) is 11.8 Å². The van der Waals surface area contributed by atoms with Gasteiger partial charge in [-0.15, -0.1) is 0 Å². The van der Waals surface area contributed by atoms with Gasteiger partial charge in [0.25, 0.3) is 5.91 Å². The Balaban J connectivity index is 1.84. The molecule has 7 heteroatoms. The van der Waals surface area contributed by atoms with E-state index in [1.807, 2.05) is 18.2 Å². The average molecular weight is 395 g/mol. The topological polar surface area (TPSA) is 101 Å². The first kappa shape index (κ1) is 18.9. The van der Waals surface area contributed by atoms with Gasteiger partial charge in [-0.25, -0.2) is 4.99 Å². The van der Waals surface area contributed by atoms with Crippen LogP contribution in [0.5, 0.6) is 5.75 Å². The third kappa shape index (κ3) is 3.17. The fourth-order valence-corrected chi connectivity index (χ4v) is 4.69. The summed E-state index contributed by atoms with van der Waals surface area (Å²) in [6.45, 7) is 4.61. The van der Waals surface area contributed by atoms with Gasteiger partial charge in [-0.3, -0.25) is 9.78 Å². The van der Waals surface area contributed by atoms with E-state index < -0.39 is 10.8 Å². The van der Waals surface area contributed by atoms with Gasteiger partial charge < -0.3 is 10.5 Å². The summed E-state index contributed by atoms with van der Waals surface area (Å²) < 4.78 is 5.99. The van der Waals surface area contributed by atoms with E-state index >= 15 is 0 Å². The Morgan fingerprint density at radius 3 is 2.82 bits per heavy atom. The van der Waals surface area contributed by atoms with Crippen molar-refractivity contribution in [2.75, 3.05) is 6.61 Å². The summed E-state index contributed by atoms with van der Waals surface area (Å²) in [6, 6.07) is 7.95. The van der Waals surface area contributed by atoms with E-state index in [0.717, 1.165) is 29.3 Å². The van der Waals surface area contributed by atoms with Gasteiger partial charge in [0.2, 0.25) is 0 Å². The average Bonchev–Trinajstić information content (AvgIpc) is 3.46. The number of ether oxygens (including phenoxy) is 1. The van der Waals surface area contributed by atoms with Crippen LogP contribution in [0, 0.1) is 23.2 Å². The largest absolute Gasteiger partial charge is 0.491 e. The van der Waals surface area contributed by atoms with E-state index in [1.165, 1.54) is 11.8 Å². The Bertz CT molecular complexity index is 1010. The molecule has 2 heterocycles. The van der Waals surface area contributed by atoms with E-state index in [-0.39, 0.29) is 11.8 Å². The Hall–Kier alpha value is -2.43. The molecule has 2 atom stereocenters. The highest BCUT2D eigenvalue weighted by atomic mass is 32.2. The summed E-state index contributed by atoms with van der Waals surface area (Å²) in [5.41, 5.74) is 9.69. The molecule has 1 aliphatic carbocycles. The van der Waals surface area contributed by atoms with Crippen LogP contribution in [-0.4, -0.2) is 28.3 Å². The predicted molar refractivity (Wildman–Crippen MR) is 110 cm³/mol. The summed E-state index contributed by atoms with van der Waals surface area (Å²) in [5, 5.41) is 9.85. The molecule has 2 aliphatic rings. The van der Waals surface area contributed by atoms with Crippen LogP contribution in [0.4, 0.5) is 0 Å². The van der Waals surface area contributed by atoms with Crippen LogP contribution in [0.3, 0.4) is 0 Å². The molecule has 1 aromatic heterocycles. The summed E-state index contributed by atoms with van der Waals surface area (Å²) >= 11 is 1.39. The van der Waals surface area contributed by atoms with E-state index in [4.69, 9.17) is 10.5 Å². The van der Waals surface area contributed by atoms with Gasteiger partial charge in [-0.1, -0.05) is 31.7 Å². The predicted octanol–water partition coefficient (Wildman–Crippen LogP) is 3.38. The minimum Gasteiger partial charge on any atom is -0.491 e. The molecule has 1 aliphatic heterocycles. The molecule has 4 rings (SSSR count). The normalized spacial score (nSPS) is 21.1. The molecule has 0 saturated heterocycles. The SMILES string of the molecule is CC(C)COc1c(C#N)cnc2ccc(C(N)(C3CC3)C3SC=NC3=O)cc12. The van der Waals surface area contributed by atoms with Crippen LogP contribution in [0.2, 0.25) is 0 Å². The number of aromatic nitrogens is 1. The van der Waals surface area contributed by atoms with Gasteiger partial charge in [-0.2, -0.15) is 5.26 Å². The molecule has 1 fully saturated rings. The number of amides is 1. The minimum atomic E-state index is -0.801. The standard InChI is InChI=1S/C21H22N4O2S/c1-12(2)10-27-18-13(8-22)9-24-17-6-5-15(7-16(17)18)21(23,14-3-4-14)19-20(26)25-11-28-19/h5-7,9,11-12,14,19H,3-4,10,23H2,1-2H3. The maximum atomic E-state index is 12.4. The number of carbonyl (C=O) groups excluding carboxylic acids is 1. The van der Waals surface area contributed by atoms with Gasteiger partial charge >= 0.3 is 0 Å². The summed E-state index contributed by atoms with van der Waals surface area (Å²) in [4.78, 5) is 20.7. The molecule has 2 aromatic rings. The van der Waals surface area contributed by atoms with Crippen molar-refractivity contribution in [2.24, 2.45) is 22.6 Å². The monoisotopic (exact) mass is 394 g/mol. The summed E-state index contributed by atoms with van der Waals surface area (Å²) in [7, 11) is 0. The Kier molecular flexibility index (Phi) is 4.86. The Labute approximate surface area is 168 Å². The van der Waals surface area contributed by atoms with Crippen molar-refractivity contribution < 1.29 is 9.53 Å². The van der Waals surface area contributed by atoms with Crippen LogP contribution in [0.25, 0.3) is 10.9 Å². The highest BCUT2D eigenvalue weighted by Gasteiger charge is 2.53. The molecule has 1 aromatic carbocycles. The molecule has 28 heavy (non-hydrogen) atoms. The molecule has 1 amide bonds. The van der Waals surface area contributed by atoms with E-state index in [9.17, 15) is 10.1 Å². The molecule has 1 saturated carbocycles. The lowest BCUT2D eigenvalue weighted by Gasteiger charge is -2.34. The second-order valence-electron chi connectivity index (χ2n) is 7.85. The lowest BCUT2D eigenvalue weighted by atomic mass is 9.81. The first-order valence-electron chi connectivity index (χ1n) is 9.42. The number of nitriles is 1. The highest BCUT2D eigenvalue weighted by molar-refractivity contribution is 8.13. The maximum absolute atomic E-state index is 12.4. The third-order valence-electron chi connectivity index (χ3n) is 5.29. The smallest absolute Gasteiger partial charge is 0.261 e. The summed E-state index contributed by atoms with van der Waals surface area (Å²) in [5.74, 6) is 0.908. The zero-order chi connectivity index (χ0) is 19.9. The fraction of sp³-hybridized carbons (Fsp3) is 0.429. The van der Waals surface area contributed by atoms with Crippen LogP contribution in [0.15, 0.2) is 29.4 Å². The van der Waals surface area contributed by atoms with Crippen molar-refractivity contribution in [2.45, 2.75) is 37.5 Å². The fourth-order valence-electron chi connectivity index (χ4n) is 3.67. The van der Waals surface area contributed by atoms with Crippen molar-refractivity contribution in [1.29, 1.82) is 5.26 Å². The van der Waals surface area contributed by atoms with Crippen molar-refractivity contribution in [3.05, 3.63) is 35.5 Å². The Morgan fingerprint density at radius 1 is 1.43 bits per heavy atom. The number of fused-ring (bicyclic) bond motifs is 1. The molecular formula is C21H22N4O2S. The first-order chi connectivity index (χ1) is 13.4. The molecular weight excluding hydrogens is 372 g/mol. The van der Waals surface area contributed by atoms with Crippen LogP contribution >= 0.6 is 11.8 Å². The lowest BCUT2D eigenvalue weighted by Crippen LogP contribution is -2.50. The number of aliphatic imine (C=N–C) groups is 1. The van der Waals surface area contributed by atoms with Crippen LogP contribution in [0.1, 0.15) is 37.8 Å². The summed E-state index contributed by atoms with van der Waals surface area (Å²) in [6.07, 6.45) is 3.52. The van der Waals surface area contributed by atoms with E-state index in [0.29, 0.717) is 23.8 Å². The number of pyridine rings is 1. The number of hydrogen-bond acceptors (Lipinski definition) is 6. The minimum absolute atomic E-state index is 0.181. The molecule has 6 nitrogen and oxygen atoms in total. The molecule has 0 radical (unpaired) electrons. The zero-order valence-electron chi connectivity index (χ0n) is 15.9. The van der Waals surface area contributed by atoms with Gasteiger partial charge in [0.1, 0.15) is 22.6 Å². The van der Waals surface area contributed by atoms with Gasteiger partial charge in [0.05, 0.1) is 23.2 Å². The van der Waals surface area contributed by atoms with Crippen LogP contribution in [-0.2, 0) is 10.3 Å². The molecule has 2 N–H and O–H groups in total. The Morgan fingerprint density at radius 2 is 2.21 bits per heavy atom. The van der Waals surface area contributed by atoms with Crippen molar-refractivity contribution in [3.63, 3.8) is 0 Å². The number of nitrogens with two attached hydrogens (primary N) is 1. The van der Waals surface area contributed by atoms with Crippen molar-refractivity contribution in [1.82, 2.24) is 4.98 Å². The maximum Gasteiger partial charge on any atom is 0.261 e. The molecule has 2 unspecified atom stereocenters. The van der Waals surface area contributed by atoms with Gasteiger partial charge in [-0.05, 0) is 42.4 Å². The van der Waals surface area contributed by atoms with E-state index in [2.05, 4.69) is 29.9 Å². The number of hydrogen-bond donors (Lipinski definition) is 1. The zero-order valence-corrected chi connectivity index (χ0v) is 16.7. The lowest BCUT2D eigenvalue weighted by molar-refractivity contribution is -0.118. The quantitative estimate of drug-likeness (QED) is 0.806. The number of carbonyl (C=O) groups is 1. The second kappa shape index (κ2) is 7.19. The van der Waals surface area contributed by atoms with Gasteiger partial charge in [0.15, 0.2) is 0 Å². The second-order valence-corrected chi connectivity index (χ2v) is 8.80. The number of rotatable bonds is 6. The molecule has 144 valence electrons. The van der Waals surface area contributed by atoms with Gasteiger partial charge in [0, 0.05) is 11.6 Å². The number of benzene rings is 1. The molecule has 0 spiro atoms. The van der Waals surface area contributed by atoms with E-state index in [1.54, 1.807) is 11.7 Å². The van der Waals surface area contributed by atoms with Crippen LogP contribution < -0.4 is 10.5 Å². The first-order valence-corrected chi connectivity index (χ1v) is 10.4. The third-order valence-corrected chi connectivity index (χ3v) is 6.38. The number of thioether (sulfide) groups is 1. The number of nitrogens with zero attached hydrogens (tertiary/aromatic N) is 3.